The van der Waals surface area contributed by atoms with Gasteiger partial charge in [-0.3, -0.25) is 9.59 Å². The van der Waals surface area contributed by atoms with Crippen molar-refractivity contribution in [3.8, 4) is 0 Å². The van der Waals surface area contributed by atoms with Crippen LogP contribution in [-0.4, -0.2) is 56.9 Å². The van der Waals surface area contributed by atoms with Gasteiger partial charge in [0.1, 0.15) is 18.8 Å². The highest BCUT2D eigenvalue weighted by Crippen LogP contribution is 2.19. The number of morpholine rings is 1. The molecular formula is C18H25N4O3+. The Bertz CT molecular complexity index is 626. The van der Waals surface area contributed by atoms with Gasteiger partial charge < -0.3 is 15.0 Å². The predicted octanol–water partition coefficient (Wildman–Crippen LogP) is -0.409. The first-order chi connectivity index (χ1) is 12.2. The Morgan fingerprint density at radius 3 is 2.72 bits per heavy atom. The highest BCUT2D eigenvalue weighted by Gasteiger charge is 2.25. The van der Waals surface area contributed by atoms with Crippen LogP contribution < -0.4 is 15.2 Å². The number of carbonyl (C=O) groups excluding carboxylic acids is 2. The van der Waals surface area contributed by atoms with E-state index >= 15 is 0 Å². The Kier molecular flexibility index (Phi) is 6.14. The molecule has 0 unspecified atom stereocenters. The van der Waals surface area contributed by atoms with Crippen molar-refractivity contribution in [2.75, 3.05) is 44.4 Å². The van der Waals surface area contributed by atoms with Gasteiger partial charge >= 0.3 is 0 Å². The SMILES string of the molecule is O=C(NCCC[NH+]1CCOCC1)C1=NN(c2ccccc2)C(=O)CC1. The standard InChI is InChI=1S/C18H24N4O3/c23-17-8-7-16(20-22(17)15-5-2-1-3-6-15)18(24)19-9-4-10-21-11-13-25-14-12-21/h1-3,5-6H,4,7-14H2,(H,19,24)/p+1. The molecule has 0 spiro atoms. The lowest BCUT2D eigenvalue weighted by molar-refractivity contribution is -0.908. The van der Waals surface area contributed by atoms with Crippen molar-refractivity contribution in [2.24, 2.45) is 5.10 Å². The van der Waals surface area contributed by atoms with E-state index in [1.165, 1.54) is 9.91 Å². The fourth-order valence-corrected chi connectivity index (χ4v) is 3.04. The summed E-state index contributed by atoms with van der Waals surface area (Å²) in [4.78, 5) is 25.9. The minimum absolute atomic E-state index is 0.0846. The second-order valence-electron chi connectivity index (χ2n) is 6.31. The van der Waals surface area contributed by atoms with Crippen LogP contribution in [0.25, 0.3) is 0 Å². The van der Waals surface area contributed by atoms with Gasteiger partial charge in [-0.2, -0.15) is 5.10 Å². The highest BCUT2D eigenvalue weighted by molar-refractivity contribution is 6.40. The van der Waals surface area contributed by atoms with E-state index in [0.717, 1.165) is 39.3 Å². The van der Waals surface area contributed by atoms with Gasteiger partial charge in [0.05, 0.1) is 25.4 Å². The number of hydrazone groups is 1. The molecule has 0 aromatic heterocycles. The van der Waals surface area contributed by atoms with Crippen molar-refractivity contribution < 1.29 is 19.2 Å². The van der Waals surface area contributed by atoms with Crippen LogP contribution in [0.15, 0.2) is 35.4 Å². The van der Waals surface area contributed by atoms with Crippen LogP contribution in [0, 0.1) is 0 Å². The van der Waals surface area contributed by atoms with E-state index in [1.807, 2.05) is 30.3 Å². The molecule has 2 heterocycles. The number of quaternary nitrogens is 1. The lowest BCUT2D eigenvalue weighted by Crippen LogP contribution is -3.14. The van der Waals surface area contributed by atoms with E-state index in [9.17, 15) is 9.59 Å². The third-order valence-electron chi connectivity index (χ3n) is 4.49. The Balaban J connectivity index is 1.50. The number of rotatable bonds is 6. The highest BCUT2D eigenvalue weighted by atomic mass is 16.5. The molecular weight excluding hydrogens is 320 g/mol. The van der Waals surface area contributed by atoms with Gasteiger partial charge in [-0.05, 0) is 12.1 Å². The maximum absolute atomic E-state index is 12.3. The number of amides is 2. The van der Waals surface area contributed by atoms with Crippen molar-refractivity contribution in [1.29, 1.82) is 0 Å². The summed E-state index contributed by atoms with van der Waals surface area (Å²) in [5.41, 5.74) is 1.11. The number of carbonyl (C=O) groups is 2. The lowest BCUT2D eigenvalue weighted by atomic mass is 10.1. The largest absolute Gasteiger partial charge is 0.370 e. The molecule has 2 N–H and O–H groups in total. The second kappa shape index (κ2) is 8.73. The summed E-state index contributed by atoms with van der Waals surface area (Å²) in [5, 5.41) is 8.52. The fraction of sp³-hybridized carbons (Fsp3) is 0.500. The average Bonchev–Trinajstić information content (AvgIpc) is 2.67. The van der Waals surface area contributed by atoms with Crippen molar-refractivity contribution in [3.05, 3.63) is 30.3 Å². The summed E-state index contributed by atoms with van der Waals surface area (Å²) in [6.07, 6.45) is 1.62. The summed E-state index contributed by atoms with van der Waals surface area (Å²) in [5.74, 6) is -0.260. The normalized spacial score (nSPS) is 18.8. The Hall–Kier alpha value is -2.25. The molecule has 1 aromatic carbocycles. The molecule has 1 saturated heterocycles. The van der Waals surface area contributed by atoms with Gasteiger partial charge in [-0.15, -0.1) is 0 Å². The van der Waals surface area contributed by atoms with Crippen LogP contribution in [-0.2, 0) is 14.3 Å². The fourth-order valence-electron chi connectivity index (χ4n) is 3.04. The van der Waals surface area contributed by atoms with E-state index in [0.29, 0.717) is 30.8 Å². The van der Waals surface area contributed by atoms with Gasteiger partial charge in [0.25, 0.3) is 5.91 Å². The molecule has 2 amide bonds. The first-order valence-corrected chi connectivity index (χ1v) is 8.89. The number of hydrogen-bond donors (Lipinski definition) is 2. The van der Waals surface area contributed by atoms with Crippen LogP contribution in [0.5, 0.6) is 0 Å². The van der Waals surface area contributed by atoms with Gasteiger partial charge in [-0.25, -0.2) is 5.01 Å². The Morgan fingerprint density at radius 1 is 1.20 bits per heavy atom. The van der Waals surface area contributed by atoms with Crippen LogP contribution in [0.3, 0.4) is 0 Å². The van der Waals surface area contributed by atoms with Crippen LogP contribution >= 0.6 is 0 Å². The topological polar surface area (TPSA) is 75.4 Å². The number of anilines is 1. The Morgan fingerprint density at radius 2 is 1.96 bits per heavy atom. The number of hydrogen-bond acceptors (Lipinski definition) is 4. The minimum Gasteiger partial charge on any atom is -0.370 e. The zero-order valence-electron chi connectivity index (χ0n) is 14.4. The number of para-hydroxylation sites is 1. The molecule has 0 aliphatic carbocycles. The van der Waals surface area contributed by atoms with Crippen molar-refractivity contribution >= 4 is 23.2 Å². The van der Waals surface area contributed by atoms with Crippen molar-refractivity contribution in [2.45, 2.75) is 19.3 Å². The smallest absolute Gasteiger partial charge is 0.267 e. The maximum atomic E-state index is 12.3. The molecule has 134 valence electrons. The van der Waals surface area contributed by atoms with Crippen LogP contribution in [0.4, 0.5) is 5.69 Å². The number of nitrogens with zero attached hydrogens (tertiary/aromatic N) is 2. The van der Waals surface area contributed by atoms with Gasteiger partial charge in [0.2, 0.25) is 5.91 Å². The van der Waals surface area contributed by atoms with E-state index in [-0.39, 0.29) is 11.8 Å². The summed E-state index contributed by atoms with van der Waals surface area (Å²) < 4.78 is 5.34. The summed E-state index contributed by atoms with van der Waals surface area (Å²) in [7, 11) is 0. The van der Waals surface area contributed by atoms with Crippen LogP contribution in [0.1, 0.15) is 19.3 Å². The molecule has 7 heteroatoms. The zero-order valence-corrected chi connectivity index (χ0v) is 14.4. The van der Waals surface area contributed by atoms with E-state index in [2.05, 4.69) is 10.4 Å². The van der Waals surface area contributed by atoms with E-state index in [1.54, 1.807) is 0 Å². The third-order valence-corrected chi connectivity index (χ3v) is 4.49. The number of ether oxygens (including phenoxy) is 1. The average molecular weight is 345 g/mol. The second-order valence-corrected chi connectivity index (χ2v) is 6.31. The molecule has 0 bridgehead atoms. The molecule has 1 aromatic rings. The minimum atomic E-state index is -0.176. The van der Waals surface area contributed by atoms with Gasteiger partial charge in [0, 0.05) is 25.8 Å². The van der Waals surface area contributed by atoms with E-state index < -0.39 is 0 Å². The first kappa shape index (κ1) is 17.6. The molecule has 0 atom stereocenters. The molecule has 0 saturated carbocycles. The van der Waals surface area contributed by atoms with Crippen molar-refractivity contribution in [1.82, 2.24) is 5.32 Å². The third kappa shape index (κ3) is 4.87. The zero-order chi connectivity index (χ0) is 17.5. The van der Waals surface area contributed by atoms with E-state index in [4.69, 9.17) is 4.74 Å². The molecule has 1 fully saturated rings. The summed E-state index contributed by atoms with van der Waals surface area (Å²) >= 11 is 0. The quantitative estimate of drug-likeness (QED) is 0.689. The van der Waals surface area contributed by atoms with Crippen LogP contribution in [0.2, 0.25) is 0 Å². The predicted molar refractivity (Wildman–Crippen MR) is 94.6 cm³/mol. The summed E-state index contributed by atoms with van der Waals surface area (Å²) in [6, 6.07) is 9.20. The molecule has 2 aliphatic heterocycles. The molecule has 3 rings (SSSR count). The lowest BCUT2D eigenvalue weighted by Gasteiger charge is -2.24. The monoisotopic (exact) mass is 345 g/mol. The molecule has 2 aliphatic rings. The van der Waals surface area contributed by atoms with Gasteiger partial charge in [0.15, 0.2) is 0 Å². The number of nitrogens with one attached hydrogen (secondary N) is 2. The molecule has 0 radical (unpaired) electrons. The molecule has 25 heavy (non-hydrogen) atoms. The molecule has 7 nitrogen and oxygen atoms in total. The maximum Gasteiger partial charge on any atom is 0.267 e. The Labute approximate surface area is 147 Å². The van der Waals surface area contributed by atoms with Crippen molar-refractivity contribution in [3.63, 3.8) is 0 Å². The van der Waals surface area contributed by atoms with Gasteiger partial charge in [-0.1, -0.05) is 18.2 Å². The number of benzene rings is 1. The summed E-state index contributed by atoms with van der Waals surface area (Å²) in [6.45, 7) is 5.37. The first-order valence-electron chi connectivity index (χ1n) is 8.89.